The molecule has 12 heteroatoms. The Hall–Kier alpha value is -3.35. The molecule has 0 bridgehead atoms. The number of rotatable bonds is 7. The van der Waals surface area contributed by atoms with E-state index in [1.54, 1.807) is 18.6 Å². The largest absolute Gasteiger partial charge is 0.416 e. The van der Waals surface area contributed by atoms with E-state index in [1.807, 2.05) is 12.1 Å². The predicted octanol–water partition coefficient (Wildman–Crippen LogP) is 3.97. The highest BCUT2D eigenvalue weighted by Gasteiger charge is 2.40. The van der Waals surface area contributed by atoms with Gasteiger partial charge in [0.25, 0.3) is 5.91 Å². The average Bonchev–Trinajstić information content (AvgIpc) is 3.63. The zero-order valence-corrected chi connectivity index (χ0v) is 22.5. The molecule has 2 amide bonds. The summed E-state index contributed by atoms with van der Waals surface area (Å²) in [4.78, 5) is 36.5. The summed E-state index contributed by atoms with van der Waals surface area (Å²) in [6, 6.07) is 8.12. The molecular weight excluding hydrogens is 543 g/mol. The van der Waals surface area contributed by atoms with Gasteiger partial charge in [-0.2, -0.15) is 13.2 Å². The highest BCUT2D eigenvalue weighted by Crippen LogP contribution is 2.42. The lowest BCUT2D eigenvalue weighted by Crippen LogP contribution is -2.45. The molecule has 212 valence electrons. The lowest BCUT2D eigenvalue weighted by molar-refractivity contribution is -0.137. The Kier molecular flexibility index (Phi) is 8.20. The lowest BCUT2D eigenvalue weighted by atomic mass is 9.81. The Morgan fingerprint density at radius 1 is 1.12 bits per heavy atom. The normalized spacial score (nSPS) is 23.6. The quantitative estimate of drug-likeness (QED) is 0.395. The van der Waals surface area contributed by atoms with Crippen molar-refractivity contribution in [2.24, 2.45) is 0 Å². The van der Waals surface area contributed by atoms with Crippen molar-refractivity contribution in [3.63, 3.8) is 0 Å². The van der Waals surface area contributed by atoms with Crippen molar-refractivity contribution in [3.8, 4) is 10.6 Å². The molecule has 8 nitrogen and oxygen atoms in total. The van der Waals surface area contributed by atoms with Crippen molar-refractivity contribution in [1.82, 2.24) is 25.5 Å². The van der Waals surface area contributed by atoms with Crippen LogP contribution in [-0.2, 0) is 16.6 Å². The van der Waals surface area contributed by atoms with E-state index in [4.69, 9.17) is 0 Å². The molecular formula is C28H30F3N5O3S. The second-order valence-corrected chi connectivity index (χ2v) is 11.4. The van der Waals surface area contributed by atoms with Gasteiger partial charge in [-0.3, -0.25) is 19.5 Å². The van der Waals surface area contributed by atoms with Crippen molar-refractivity contribution in [2.75, 3.05) is 19.6 Å². The maximum Gasteiger partial charge on any atom is 0.416 e. The van der Waals surface area contributed by atoms with Gasteiger partial charge < -0.3 is 15.7 Å². The van der Waals surface area contributed by atoms with Crippen molar-refractivity contribution in [3.05, 3.63) is 71.0 Å². The first-order chi connectivity index (χ1) is 19.1. The summed E-state index contributed by atoms with van der Waals surface area (Å²) < 4.78 is 38.7. The van der Waals surface area contributed by atoms with Crippen LogP contribution in [0.25, 0.3) is 10.6 Å². The molecule has 3 heterocycles. The van der Waals surface area contributed by atoms with Crippen molar-refractivity contribution < 1.29 is 27.9 Å². The zero-order chi connectivity index (χ0) is 28.3. The van der Waals surface area contributed by atoms with E-state index in [-0.39, 0.29) is 24.1 Å². The van der Waals surface area contributed by atoms with Gasteiger partial charge >= 0.3 is 6.18 Å². The molecule has 0 spiro atoms. The van der Waals surface area contributed by atoms with Gasteiger partial charge in [0.05, 0.1) is 17.0 Å². The highest BCUT2D eigenvalue weighted by molar-refractivity contribution is 7.15. The molecule has 5 rings (SSSR count). The molecule has 2 aliphatic rings. The number of hydrogen-bond acceptors (Lipinski definition) is 7. The monoisotopic (exact) mass is 573 g/mol. The molecule has 2 aromatic heterocycles. The Bertz CT molecular complexity index is 1340. The number of benzene rings is 1. The third-order valence-electron chi connectivity index (χ3n) is 7.62. The standard InChI is InChI=1S/C28H30F3N5O3S/c29-28(30,31)20-5-1-3-18(13-20)25(38)33-16-24(37)35-21-8-12-36(17-21)22-6-9-27(39,10-7-22)23-15-34-26(40-23)19-4-2-11-32-14-19/h1-5,11,13-15,21-22,39H,6-10,12,16-17H2,(H,33,38)(H,35,37). The molecule has 3 N–H and O–H groups in total. The summed E-state index contributed by atoms with van der Waals surface area (Å²) in [6.07, 6.45) is 4.35. The number of thiazole rings is 1. The zero-order valence-electron chi connectivity index (χ0n) is 21.7. The van der Waals surface area contributed by atoms with E-state index in [0.29, 0.717) is 25.4 Å². The van der Waals surface area contributed by atoms with Crippen LogP contribution in [0, 0.1) is 0 Å². The Labute approximate surface area is 233 Å². The Balaban J connectivity index is 1.07. The van der Waals surface area contributed by atoms with Crippen LogP contribution in [0.3, 0.4) is 0 Å². The average molecular weight is 574 g/mol. The van der Waals surface area contributed by atoms with E-state index in [9.17, 15) is 27.9 Å². The van der Waals surface area contributed by atoms with Crippen LogP contribution in [0.4, 0.5) is 13.2 Å². The number of nitrogens with zero attached hydrogens (tertiary/aromatic N) is 3. The molecule has 1 aromatic carbocycles. The molecule has 1 unspecified atom stereocenters. The number of pyridine rings is 1. The molecule has 0 radical (unpaired) electrons. The van der Waals surface area contributed by atoms with Gasteiger partial charge in [0.1, 0.15) is 10.6 Å². The fourth-order valence-electron chi connectivity index (χ4n) is 5.42. The number of nitrogens with one attached hydrogen (secondary N) is 2. The molecule has 3 aromatic rings. The number of likely N-dealkylation sites (tertiary alicyclic amines) is 1. The van der Waals surface area contributed by atoms with Crippen LogP contribution in [0.5, 0.6) is 0 Å². The van der Waals surface area contributed by atoms with Gasteiger partial charge in [-0.25, -0.2) is 4.98 Å². The van der Waals surface area contributed by atoms with Gasteiger partial charge in [-0.1, -0.05) is 6.07 Å². The minimum absolute atomic E-state index is 0.0812. The lowest BCUT2D eigenvalue weighted by Gasteiger charge is -2.39. The van der Waals surface area contributed by atoms with E-state index >= 15 is 0 Å². The molecule has 2 fully saturated rings. The number of carbonyl (C=O) groups excluding carboxylic acids is 2. The number of aliphatic hydroxyl groups is 1. The second-order valence-electron chi connectivity index (χ2n) is 10.3. The van der Waals surface area contributed by atoms with Gasteiger partial charge in [0.2, 0.25) is 5.91 Å². The summed E-state index contributed by atoms with van der Waals surface area (Å²) in [5, 5.41) is 17.5. The Morgan fingerprint density at radius 2 is 1.93 bits per heavy atom. The molecule has 40 heavy (non-hydrogen) atoms. The fourth-order valence-corrected chi connectivity index (χ4v) is 6.47. The van der Waals surface area contributed by atoms with Crippen molar-refractivity contribution in [2.45, 2.75) is 56.0 Å². The van der Waals surface area contributed by atoms with Crippen LogP contribution in [0.1, 0.15) is 52.9 Å². The van der Waals surface area contributed by atoms with Crippen molar-refractivity contribution in [1.29, 1.82) is 0 Å². The first-order valence-electron chi connectivity index (χ1n) is 13.2. The van der Waals surface area contributed by atoms with E-state index < -0.39 is 23.2 Å². The third-order valence-corrected chi connectivity index (χ3v) is 8.86. The molecule has 1 aliphatic carbocycles. The van der Waals surface area contributed by atoms with Crippen LogP contribution in [0.15, 0.2) is 55.0 Å². The maximum atomic E-state index is 12.9. The van der Waals surface area contributed by atoms with Gasteiger partial charge in [0.15, 0.2) is 0 Å². The third kappa shape index (κ3) is 6.51. The molecule has 1 aliphatic heterocycles. The second kappa shape index (κ2) is 11.6. The molecule has 1 saturated heterocycles. The summed E-state index contributed by atoms with van der Waals surface area (Å²) in [5.41, 5.74) is -1.05. The number of hydrogen-bond donors (Lipinski definition) is 3. The number of alkyl halides is 3. The van der Waals surface area contributed by atoms with Gasteiger partial charge in [0, 0.05) is 54.9 Å². The summed E-state index contributed by atoms with van der Waals surface area (Å²) >= 11 is 1.50. The number of amides is 2. The number of carbonyl (C=O) groups is 2. The molecule has 1 saturated carbocycles. The summed E-state index contributed by atoms with van der Waals surface area (Å²) in [6.45, 7) is 1.16. The topological polar surface area (TPSA) is 107 Å². The number of aromatic nitrogens is 2. The first-order valence-corrected chi connectivity index (χ1v) is 14.0. The smallest absolute Gasteiger partial charge is 0.384 e. The van der Waals surface area contributed by atoms with Crippen LogP contribution in [-0.4, -0.2) is 63.5 Å². The van der Waals surface area contributed by atoms with Crippen LogP contribution in [0.2, 0.25) is 0 Å². The Morgan fingerprint density at radius 3 is 2.65 bits per heavy atom. The SMILES string of the molecule is O=C(CNC(=O)c1cccc(C(F)(F)F)c1)NC1CCN(C2CCC(O)(c3cnc(-c4cccnc4)s3)CC2)C1. The minimum Gasteiger partial charge on any atom is -0.384 e. The molecule has 1 atom stereocenters. The van der Waals surface area contributed by atoms with E-state index in [1.165, 1.54) is 17.4 Å². The maximum absolute atomic E-state index is 12.9. The van der Waals surface area contributed by atoms with E-state index in [0.717, 1.165) is 59.5 Å². The van der Waals surface area contributed by atoms with E-state index in [2.05, 4.69) is 25.5 Å². The van der Waals surface area contributed by atoms with Crippen molar-refractivity contribution >= 4 is 23.2 Å². The highest BCUT2D eigenvalue weighted by atomic mass is 32.1. The van der Waals surface area contributed by atoms with Gasteiger partial charge in [-0.15, -0.1) is 11.3 Å². The summed E-state index contributed by atoms with van der Waals surface area (Å²) in [7, 11) is 0. The van der Waals surface area contributed by atoms with Crippen LogP contribution < -0.4 is 10.6 Å². The van der Waals surface area contributed by atoms with Crippen LogP contribution >= 0.6 is 11.3 Å². The first kappa shape index (κ1) is 28.2. The number of halogens is 3. The fraction of sp³-hybridized carbons (Fsp3) is 0.429. The summed E-state index contributed by atoms with van der Waals surface area (Å²) in [5.74, 6) is -1.13. The predicted molar refractivity (Wildman–Crippen MR) is 143 cm³/mol. The van der Waals surface area contributed by atoms with Gasteiger partial charge in [-0.05, 0) is 62.4 Å². The minimum atomic E-state index is -4.55.